The Morgan fingerprint density at radius 2 is 2.03 bits per heavy atom. The molecule has 38 heavy (non-hydrogen) atoms. The van der Waals surface area contributed by atoms with Crippen LogP contribution in [0, 0.1) is 3.57 Å². The maximum absolute atomic E-state index is 13.1. The molecule has 1 aliphatic carbocycles. The highest BCUT2D eigenvalue weighted by molar-refractivity contribution is 14.1. The number of amides is 2. The number of benzene rings is 1. The van der Waals surface area contributed by atoms with E-state index < -0.39 is 24.2 Å². The Morgan fingerprint density at radius 1 is 1.29 bits per heavy atom. The van der Waals surface area contributed by atoms with Crippen molar-refractivity contribution >= 4 is 40.7 Å². The van der Waals surface area contributed by atoms with Gasteiger partial charge >= 0.3 is 0 Å². The minimum Gasteiger partial charge on any atom is -0.493 e. The van der Waals surface area contributed by atoms with Gasteiger partial charge in [-0.05, 0) is 61.1 Å². The second kappa shape index (κ2) is 16.0. The first kappa shape index (κ1) is 32.0. The number of aliphatic hydroxyl groups excluding tert-OH is 2. The van der Waals surface area contributed by atoms with Crippen molar-refractivity contribution in [3.05, 3.63) is 32.9 Å². The smallest absolute Gasteiger partial charge is 0.248 e. The number of aliphatic hydroxyl groups is 2. The lowest BCUT2D eigenvalue weighted by molar-refractivity contribution is -0.142. The quantitative estimate of drug-likeness (QED) is 0.146. The van der Waals surface area contributed by atoms with Crippen LogP contribution in [0.25, 0.3) is 0 Å². The molecule has 3 atom stereocenters. The molecule has 0 heterocycles. The molecule has 12 heteroatoms. The molecule has 3 N–H and O–H groups in total. The summed E-state index contributed by atoms with van der Waals surface area (Å²) in [4.78, 5) is 38.7. The number of carbonyl (C=O) groups is 3. The van der Waals surface area contributed by atoms with E-state index in [0.717, 1.165) is 0 Å². The number of ether oxygens (including phenoxy) is 4. The van der Waals surface area contributed by atoms with Crippen LogP contribution in [0.3, 0.4) is 0 Å². The van der Waals surface area contributed by atoms with Crippen molar-refractivity contribution in [2.45, 2.75) is 51.0 Å². The summed E-state index contributed by atoms with van der Waals surface area (Å²) in [6, 6.07) is 2.32. The number of aldehydes is 1. The van der Waals surface area contributed by atoms with Gasteiger partial charge in [0.25, 0.3) is 0 Å². The zero-order valence-electron chi connectivity index (χ0n) is 22.1. The summed E-state index contributed by atoms with van der Waals surface area (Å²) in [6.07, 6.45) is 0.571. The number of rotatable bonds is 15. The molecule has 0 radical (unpaired) electrons. The summed E-state index contributed by atoms with van der Waals surface area (Å²) < 4.78 is 22.8. The number of nitrogens with zero attached hydrogens (tertiary/aromatic N) is 1. The molecule has 1 aromatic rings. The summed E-state index contributed by atoms with van der Waals surface area (Å²) in [7, 11) is 2.84. The molecule has 2 rings (SSSR count). The number of hydrogen-bond acceptors (Lipinski definition) is 9. The number of halogens is 1. The number of methoxy groups -OCH3 is 2. The normalized spacial score (nSPS) is 19.1. The Morgan fingerprint density at radius 3 is 2.63 bits per heavy atom. The second-order valence-corrected chi connectivity index (χ2v) is 10.1. The van der Waals surface area contributed by atoms with Crippen molar-refractivity contribution in [1.82, 2.24) is 10.2 Å². The van der Waals surface area contributed by atoms with Gasteiger partial charge in [0.05, 0.1) is 29.4 Å². The van der Waals surface area contributed by atoms with E-state index in [9.17, 15) is 19.5 Å². The highest BCUT2D eigenvalue weighted by Crippen LogP contribution is 2.37. The summed E-state index contributed by atoms with van der Waals surface area (Å²) >= 11 is 2.00. The van der Waals surface area contributed by atoms with Crippen LogP contribution in [-0.2, 0) is 19.1 Å². The molecular weight excluding hydrogens is 611 g/mol. The van der Waals surface area contributed by atoms with E-state index in [0.29, 0.717) is 34.0 Å². The zero-order valence-corrected chi connectivity index (χ0v) is 24.3. The Hall–Kier alpha value is -2.26. The number of hydrogen-bond donors (Lipinski definition) is 3. The molecule has 1 aliphatic rings. The Labute approximate surface area is 236 Å². The maximum Gasteiger partial charge on any atom is 0.248 e. The van der Waals surface area contributed by atoms with Crippen LogP contribution in [0.5, 0.6) is 11.5 Å². The van der Waals surface area contributed by atoms with Crippen LogP contribution >= 0.6 is 22.6 Å². The average molecular weight is 648 g/mol. The molecule has 2 amide bonds. The molecule has 212 valence electrons. The Bertz CT molecular complexity index is 986. The Kier molecular flexibility index (Phi) is 13.4. The van der Waals surface area contributed by atoms with Crippen molar-refractivity contribution in [2.24, 2.45) is 0 Å². The van der Waals surface area contributed by atoms with Crippen molar-refractivity contribution < 1.29 is 43.5 Å². The predicted octanol–water partition coefficient (Wildman–Crippen LogP) is 1.32. The van der Waals surface area contributed by atoms with E-state index in [1.54, 1.807) is 6.07 Å². The molecule has 0 saturated carbocycles. The van der Waals surface area contributed by atoms with Crippen LogP contribution < -0.4 is 14.8 Å². The van der Waals surface area contributed by atoms with Gasteiger partial charge in [0.2, 0.25) is 11.8 Å². The molecular formula is C26H37IN2O9. The first-order valence-electron chi connectivity index (χ1n) is 12.3. The summed E-state index contributed by atoms with van der Waals surface area (Å²) in [5.41, 5.74) is 0.686. The fourth-order valence-corrected chi connectivity index (χ4v) is 4.83. The van der Waals surface area contributed by atoms with Gasteiger partial charge in [-0.3, -0.25) is 14.4 Å². The van der Waals surface area contributed by atoms with Gasteiger partial charge in [0, 0.05) is 44.4 Å². The lowest BCUT2D eigenvalue weighted by atomic mass is 9.88. The molecule has 0 aliphatic heterocycles. The predicted molar refractivity (Wildman–Crippen MR) is 147 cm³/mol. The minimum absolute atomic E-state index is 0.0315. The summed E-state index contributed by atoms with van der Waals surface area (Å²) in [5.74, 6) is -0.217. The largest absolute Gasteiger partial charge is 0.493 e. The highest BCUT2D eigenvalue weighted by atomic mass is 127. The lowest BCUT2D eigenvalue weighted by Crippen LogP contribution is -2.56. The number of nitrogens with one attached hydrogen (secondary N) is 1. The first-order valence-corrected chi connectivity index (χ1v) is 13.4. The lowest BCUT2D eigenvalue weighted by Gasteiger charge is -2.40. The van der Waals surface area contributed by atoms with Gasteiger partial charge < -0.3 is 39.4 Å². The minimum atomic E-state index is -1.21. The van der Waals surface area contributed by atoms with Crippen LogP contribution in [0.2, 0.25) is 0 Å². The topological polar surface area (TPSA) is 144 Å². The first-order chi connectivity index (χ1) is 18.2. The fraction of sp³-hybridized carbons (Fsp3) is 0.577. The van der Waals surface area contributed by atoms with Gasteiger partial charge in [0.15, 0.2) is 11.5 Å². The third kappa shape index (κ3) is 8.90. The van der Waals surface area contributed by atoms with Gasteiger partial charge in [0.1, 0.15) is 25.1 Å². The van der Waals surface area contributed by atoms with E-state index >= 15 is 0 Å². The summed E-state index contributed by atoms with van der Waals surface area (Å²) in [5, 5.41) is 23.2. The van der Waals surface area contributed by atoms with E-state index in [1.807, 2.05) is 36.4 Å². The third-order valence-corrected chi connectivity index (χ3v) is 6.64. The Balaban J connectivity index is 2.44. The molecule has 1 aromatic carbocycles. The zero-order chi connectivity index (χ0) is 28.2. The molecule has 0 saturated heterocycles. The van der Waals surface area contributed by atoms with Gasteiger partial charge in [-0.2, -0.15) is 0 Å². The monoisotopic (exact) mass is 648 g/mol. The van der Waals surface area contributed by atoms with E-state index in [1.165, 1.54) is 31.3 Å². The van der Waals surface area contributed by atoms with E-state index in [-0.39, 0.29) is 56.2 Å². The highest BCUT2D eigenvalue weighted by Gasteiger charge is 2.40. The maximum atomic E-state index is 13.1. The molecule has 11 nitrogen and oxygen atoms in total. The van der Waals surface area contributed by atoms with Crippen molar-refractivity contribution in [3.8, 4) is 11.5 Å². The third-order valence-electron chi connectivity index (χ3n) is 5.84. The fourth-order valence-electron chi connectivity index (χ4n) is 4.07. The van der Waals surface area contributed by atoms with Gasteiger partial charge in [-0.25, -0.2) is 0 Å². The van der Waals surface area contributed by atoms with E-state index in [2.05, 4.69) is 5.32 Å². The molecule has 0 bridgehead atoms. The molecule has 0 fully saturated rings. The van der Waals surface area contributed by atoms with Gasteiger partial charge in [-0.1, -0.05) is 0 Å². The standard InChI is InChI=1S/C26H37IN2O9/c1-16(2)37-9-5-7-29(23(32)15-35-3)20-12-18(26(34)28-6-8-30)13-21(24(20)33)38-25-19(27)10-17(14-31)11-22(25)36-4/h10-11,13-14,16,20-21,24,30,33H,5-9,12,15H2,1-4H3,(H,28,34)/t20-,21+,24+/m1/s1. The molecule has 0 unspecified atom stereocenters. The van der Waals surface area contributed by atoms with Crippen molar-refractivity contribution in [1.29, 1.82) is 0 Å². The van der Waals surface area contributed by atoms with Crippen molar-refractivity contribution in [2.75, 3.05) is 47.1 Å². The average Bonchev–Trinajstić information content (AvgIpc) is 2.89. The van der Waals surface area contributed by atoms with Crippen molar-refractivity contribution in [3.63, 3.8) is 0 Å². The van der Waals surface area contributed by atoms with Crippen LogP contribution in [0.15, 0.2) is 23.8 Å². The summed E-state index contributed by atoms with van der Waals surface area (Å²) in [6.45, 7) is 4.12. The van der Waals surface area contributed by atoms with Crippen LogP contribution in [0.1, 0.15) is 37.0 Å². The number of carbonyl (C=O) groups excluding carboxylic acids is 3. The van der Waals surface area contributed by atoms with E-state index in [4.69, 9.17) is 24.1 Å². The van der Waals surface area contributed by atoms with Crippen LogP contribution in [-0.4, -0.2) is 105 Å². The van der Waals surface area contributed by atoms with Crippen LogP contribution in [0.4, 0.5) is 0 Å². The molecule has 0 aromatic heterocycles. The van der Waals surface area contributed by atoms with Gasteiger partial charge in [-0.15, -0.1) is 0 Å². The second-order valence-electron chi connectivity index (χ2n) is 8.96. The SMILES string of the molecule is COCC(=O)N(CCCOC(C)C)[C@@H]1CC(C(=O)NCCO)=C[C@H](Oc2c(I)cc(C=O)cc2OC)[C@H]1O. The molecule has 0 spiro atoms.